The third kappa shape index (κ3) is 7.99. The second kappa shape index (κ2) is 14.0. The molecule has 1 heterocycles. The fraction of sp³-hybridized carbons (Fsp3) is 0.516. The first-order chi connectivity index (χ1) is 19.2. The third-order valence-corrected chi connectivity index (χ3v) is 7.87. The number of nitrogens with zero attached hydrogens (tertiary/aromatic N) is 2. The lowest BCUT2D eigenvalue weighted by Crippen LogP contribution is -2.45. The molecule has 9 heteroatoms. The van der Waals surface area contributed by atoms with E-state index in [-0.39, 0.29) is 41.1 Å². The quantitative estimate of drug-likeness (QED) is 0.273. The molecule has 40 heavy (non-hydrogen) atoms. The van der Waals surface area contributed by atoms with Crippen LogP contribution in [0.1, 0.15) is 67.8 Å². The second-order valence-corrected chi connectivity index (χ2v) is 10.9. The monoisotopic (exact) mass is 562 g/mol. The van der Waals surface area contributed by atoms with Gasteiger partial charge in [0, 0.05) is 42.9 Å². The van der Waals surface area contributed by atoms with Crippen molar-refractivity contribution < 1.29 is 31.8 Å². The normalized spacial score (nSPS) is 18.8. The predicted molar refractivity (Wildman–Crippen MR) is 147 cm³/mol. The van der Waals surface area contributed by atoms with Crippen molar-refractivity contribution in [3.8, 4) is 11.5 Å². The van der Waals surface area contributed by atoms with Gasteiger partial charge in [0.05, 0.1) is 7.11 Å². The Hall–Kier alpha value is -3.07. The van der Waals surface area contributed by atoms with E-state index in [9.17, 15) is 22.4 Å². The van der Waals surface area contributed by atoms with E-state index in [1.165, 1.54) is 69.5 Å². The fourth-order valence-corrected chi connectivity index (χ4v) is 5.93. The fourth-order valence-electron chi connectivity index (χ4n) is 5.93. The first-order valence-corrected chi connectivity index (χ1v) is 14.0. The molecule has 2 fully saturated rings. The lowest BCUT2D eigenvalue weighted by atomic mass is 9.89. The molecule has 1 amide bonds. The van der Waals surface area contributed by atoms with Crippen molar-refractivity contribution in [3.63, 3.8) is 0 Å². The number of alkyl halides is 2. The minimum absolute atomic E-state index is 0.0979. The summed E-state index contributed by atoms with van der Waals surface area (Å²) in [5, 5.41) is 0. The number of halogens is 4. The molecule has 0 radical (unpaired) electrons. The average molecular weight is 563 g/mol. The number of benzene rings is 2. The lowest BCUT2D eigenvalue weighted by molar-refractivity contribution is -0.0512. The van der Waals surface area contributed by atoms with Crippen LogP contribution in [0.3, 0.4) is 0 Å². The summed E-state index contributed by atoms with van der Waals surface area (Å²) in [7, 11) is 1.34. The van der Waals surface area contributed by atoms with Gasteiger partial charge in [0.25, 0.3) is 5.91 Å². The summed E-state index contributed by atoms with van der Waals surface area (Å²) in [6.45, 7) is 1.35. The highest BCUT2D eigenvalue weighted by Crippen LogP contribution is 2.31. The standard InChI is InChI=1S/C31H38F4N2O3/c1-21(15-23-10-12-25(32)17-27(23)33)18-37(20-26-9-6-14-36(26)19-22-7-4-3-5-8-22)30(38)24-11-13-28(39-2)29(16-24)40-31(34)35/h10-13,15-17,22,26,31H,3-9,14,18-20H2,1-2H3/b21-15+. The number of hydrogen-bond acceptors (Lipinski definition) is 4. The molecule has 0 aromatic heterocycles. The summed E-state index contributed by atoms with van der Waals surface area (Å²) in [6, 6.07) is 7.77. The van der Waals surface area contributed by atoms with Crippen LogP contribution >= 0.6 is 0 Å². The summed E-state index contributed by atoms with van der Waals surface area (Å²) in [4.78, 5) is 18.0. The summed E-state index contributed by atoms with van der Waals surface area (Å²) in [5.74, 6) is -1.15. The minimum atomic E-state index is -3.07. The summed E-state index contributed by atoms with van der Waals surface area (Å²) >= 11 is 0. The molecule has 2 aromatic rings. The molecule has 1 aliphatic heterocycles. The zero-order chi connectivity index (χ0) is 28.6. The Balaban J connectivity index is 1.58. The van der Waals surface area contributed by atoms with Crippen molar-refractivity contribution in [1.29, 1.82) is 0 Å². The van der Waals surface area contributed by atoms with Crippen molar-refractivity contribution in [2.45, 2.75) is 64.5 Å². The van der Waals surface area contributed by atoms with E-state index in [4.69, 9.17) is 4.74 Å². The Morgan fingerprint density at radius 3 is 2.52 bits per heavy atom. The number of likely N-dealkylation sites (tertiary alicyclic amines) is 1. The number of rotatable bonds is 11. The maximum atomic E-state index is 14.3. The molecule has 1 atom stereocenters. The van der Waals surface area contributed by atoms with Crippen molar-refractivity contribution in [1.82, 2.24) is 9.80 Å². The molecule has 2 aromatic carbocycles. The highest BCUT2D eigenvalue weighted by atomic mass is 19.3. The van der Waals surface area contributed by atoms with Crippen molar-refractivity contribution in [2.75, 3.05) is 33.3 Å². The van der Waals surface area contributed by atoms with Crippen LogP contribution in [0.25, 0.3) is 6.08 Å². The van der Waals surface area contributed by atoms with Crippen LogP contribution in [0.5, 0.6) is 11.5 Å². The molecule has 1 aliphatic carbocycles. The van der Waals surface area contributed by atoms with E-state index in [0.717, 1.165) is 32.0 Å². The number of amides is 1. The molecule has 0 spiro atoms. The average Bonchev–Trinajstić information content (AvgIpc) is 3.36. The summed E-state index contributed by atoms with van der Waals surface area (Å²) < 4.78 is 63.5. The van der Waals surface area contributed by atoms with Crippen LogP contribution in [0, 0.1) is 17.6 Å². The summed E-state index contributed by atoms with van der Waals surface area (Å²) in [5.41, 5.74) is 1.12. The SMILES string of the molecule is COc1ccc(C(=O)N(C/C(C)=C/c2ccc(F)cc2F)CC2CCCN2CC2CCCCC2)cc1OC(F)F. The third-order valence-electron chi connectivity index (χ3n) is 7.87. The Kier molecular flexibility index (Phi) is 10.5. The van der Waals surface area contributed by atoms with Crippen molar-refractivity contribution in [2.24, 2.45) is 5.92 Å². The number of carbonyl (C=O) groups is 1. The van der Waals surface area contributed by atoms with Crippen LogP contribution in [-0.2, 0) is 0 Å². The van der Waals surface area contributed by atoms with Crippen molar-refractivity contribution >= 4 is 12.0 Å². The van der Waals surface area contributed by atoms with Crippen LogP contribution in [0.2, 0.25) is 0 Å². The van der Waals surface area contributed by atoms with Gasteiger partial charge in [0.15, 0.2) is 11.5 Å². The molecule has 0 bridgehead atoms. The van der Waals surface area contributed by atoms with Gasteiger partial charge in [0.1, 0.15) is 11.6 Å². The first-order valence-electron chi connectivity index (χ1n) is 14.0. The molecule has 218 valence electrons. The Labute approximate surface area is 233 Å². The van der Waals surface area contributed by atoms with Gasteiger partial charge in [-0.05, 0) is 75.4 Å². The highest BCUT2D eigenvalue weighted by Gasteiger charge is 2.31. The maximum absolute atomic E-state index is 14.3. The predicted octanol–water partition coefficient (Wildman–Crippen LogP) is 7.17. The Morgan fingerprint density at radius 2 is 1.82 bits per heavy atom. The molecule has 4 rings (SSSR count). The molecule has 1 saturated heterocycles. The van der Waals surface area contributed by atoms with Gasteiger partial charge in [-0.15, -0.1) is 0 Å². The zero-order valence-electron chi connectivity index (χ0n) is 23.2. The second-order valence-electron chi connectivity index (χ2n) is 10.9. The molecule has 5 nitrogen and oxygen atoms in total. The van der Waals surface area contributed by atoms with Gasteiger partial charge >= 0.3 is 6.61 Å². The maximum Gasteiger partial charge on any atom is 0.387 e. The van der Waals surface area contributed by atoms with Gasteiger partial charge in [-0.2, -0.15) is 8.78 Å². The Bertz CT molecular complexity index is 1180. The molecular formula is C31H38F4N2O3. The van der Waals surface area contributed by atoms with Crippen LogP contribution in [0.15, 0.2) is 42.0 Å². The van der Waals surface area contributed by atoms with E-state index in [0.29, 0.717) is 18.0 Å². The molecule has 2 aliphatic rings. The van der Waals surface area contributed by atoms with Gasteiger partial charge in [-0.25, -0.2) is 8.78 Å². The smallest absolute Gasteiger partial charge is 0.387 e. The number of ether oxygens (including phenoxy) is 2. The van der Waals surface area contributed by atoms with E-state index >= 15 is 0 Å². The number of carbonyl (C=O) groups excluding carboxylic acids is 1. The van der Waals surface area contributed by atoms with E-state index in [2.05, 4.69) is 9.64 Å². The lowest BCUT2D eigenvalue weighted by Gasteiger charge is -2.34. The largest absolute Gasteiger partial charge is 0.493 e. The van der Waals surface area contributed by atoms with E-state index in [1.54, 1.807) is 17.9 Å². The van der Waals surface area contributed by atoms with Crippen LogP contribution in [-0.4, -0.2) is 61.6 Å². The minimum Gasteiger partial charge on any atom is -0.493 e. The summed E-state index contributed by atoms with van der Waals surface area (Å²) in [6.07, 6.45) is 9.88. The van der Waals surface area contributed by atoms with Gasteiger partial charge in [0.2, 0.25) is 0 Å². The van der Waals surface area contributed by atoms with Gasteiger partial charge in [-0.1, -0.05) is 30.9 Å². The number of hydrogen-bond donors (Lipinski definition) is 0. The Morgan fingerprint density at radius 1 is 1.05 bits per heavy atom. The van der Waals surface area contributed by atoms with Gasteiger partial charge < -0.3 is 14.4 Å². The first kappa shape index (κ1) is 29.9. The highest BCUT2D eigenvalue weighted by molar-refractivity contribution is 5.95. The topological polar surface area (TPSA) is 42.0 Å². The van der Waals surface area contributed by atoms with Gasteiger partial charge in [-0.3, -0.25) is 9.69 Å². The zero-order valence-corrected chi connectivity index (χ0v) is 23.2. The molecule has 1 saturated carbocycles. The number of methoxy groups -OCH3 is 1. The molecule has 1 unspecified atom stereocenters. The molecule has 0 N–H and O–H groups in total. The van der Waals surface area contributed by atoms with E-state index in [1.807, 2.05) is 0 Å². The van der Waals surface area contributed by atoms with Crippen LogP contribution < -0.4 is 9.47 Å². The van der Waals surface area contributed by atoms with Crippen molar-refractivity contribution in [3.05, 3.63) is 64.7 Å². The molecular weight excluding hydrogens is 524 g/mol. The van der Waals surface area contributed by atoms with Crippen LogP contribution in [0.4, 0.5) is 17.6 Å². The van der Waals surface area contributed by atoms with E-state index < -0.39 is 18.2 Å².